The lowest BCUT2D eigenvalue weighted by Crippen LogP contribution is -2.41. The topological polar surface area (TPSA) is 78.1 Å². The molecule has 0 N–H and O–H groups in total. The smallest absolute Gasteiger partial charge is 0.227 e. The molecule has 5 rings (SSSR count). The van der Waals surface area contributed by atoms with E-state index < -0.39 is 0 Å². The van der Waals surface area contributed by atoms with E-state index in [4.69, 9.17) is 4.74 Å². The summed E-state index contributed by atoms with van der Waals surface area (Å²) in [4.78, 5) is 14.4. The molecular weight excluding hydrogens is 368 g/mol. The molecule has 1 aliphatic rings. The maximum Gasteiger partial charge on any atom is 0.227 e. The number of ether oxygens (including phenoxy) is 1. The summed E-state index contributed by atoms with van der Waals surface area (Å²) in [6.45, 7) is 2.52. The maximum atomic E-state index is 12.5. The highest BCUT2D eigenvalue weighted by atomic mass is 16.5. The van der Waals surface area contributed by atoms with E-state index in [1.54, 1.807) is 9.36 Å². The van der Waals surface area contributed by atoms with Gasteiger partial charge in [0.1, 0.15) is 0 Å². The van der Waals surface area contributed by atoms with Gasteiger partial charge in [-0.05, 0) is 23.8 Å². The van der Waals surface area contributed by atoms with Crippen LogP contribution in [0.4, 0.5) is 0 Å². The molecule has 8 heteroatoms. The molecule has 0 spiro atoms. The highest BCUT2D eigenvalue weighted by molar-refractivity contribution is 5.80. The molecule has 146 valence electrons. The molecule has 0 unspecified atom stereocenters. The van der Waals surface area contributed by atoms with Crippen LogP contribution in [0.2, 0.25) is 0 Å². The minimum absolute atomic E-state index is 0.118. The third kappa shape index (κ3) is 3.50. The summed E-state index contributed by atoms with van der Waals surface area (Å²) < 4.78 is 8.79. The quantitative estimate of drug-likeness (QED) is 0.534. The second kappa shape index (κ2) is 7.48. The van der Waals surface area contributed by atoms with Crippen molar-refractivity contribution in [3.63, 3.8) is 0 Å². The average molecular weight is 388 g/mol. The van der Waals surface area contributed by atoms with Gasteiger partial charge < -0.3 is 9.64 Å². The summed E-state index contributed by atoms with van der Waals surface area (Å²) in [5.41, 5.74) is 2.78. The van der Waals surface area contributed by atoms with E-state index in [2.05, 4.69) is 15.4 Å². The predicted octanol–water partition coefficient (Wildman–Crippen LogP) is 2.01. The van der Waals surface area contributed by atoms with Gasteiger partial charge in [0.15, 0.2) is 5.82 Å². The largest absolute Gasteiger partial charge is 0.378 e. The van der Waals surface area contributed by atoms with Crippen LogP contribution in [0, 0.1) is 0 Å². The van der Waals surface area contributed by atoms with Crippen LogP contribution in [-0.2, 0) is 16.0 Å². The van der Waals surface area contributed by atoms with Gasteiger partial charge in [-0.15, -0.1) is 5.10 Å². The van der Waals surface area contributed by atoms with Crippen molar-refractivity contribution in [2.75, 3.05) is 26.3 Å². The summed E-state index contributed by atoms with van der Waals surface area (Å²) in [6.07, 6.45) is 4.01. The first-order chi connectivity index (χ1) is 14.3. The van der Waals surface area contributed by atoms with Gasteiger partial charge in [-0.2, -0.15) is 5.10 Å². The molecule has 0 aliphatic carbocycles. The number of aromatic nitrogens is 5. The van der Waals surface area contributed by atoms with Gasteiger partial charge in [-0.1, -0.05) is 35.5 Å². The number of morpholine rings is 1. The summed E-state index contributed by atoms with van der Waals surface area (Å²) in [5.74, 6) is 0.758. The van der Waals surface area contributed by atoms with E-state index in [1.165, 1.54) is 0 Å². The molecular formula is C21H20N6O2. The monoisotopic (exact) mass is 388 g/mol. The summed E-state index contributed by atoms with van der Waals surface area (Å²) >= 11 is 0. The molecule has 4 aromatic rings. The number of carbonyl (C=O) groups excluding carboxylic acids is 1. The Hall–Kier alpha value is -3.52. The minimum Gasteiger partial charge on any atom is -0.378 e. The Morgan fingerprint density at radius 3 is 2.83 bits per heavy atom. The molecule has 1 saturated heterocycles. The molecule has 29 heavy (non-hydrogen) atoms. The van der Waals surface area contributed by atoms with E-state index in [1.807, 2.05) is 65.8 Å². The lowest BCUT2D eigenvalue weighted by molar-refractivity contribution is -0.134. The number of fused-ring (bicyclic) bond motifs is 1. The third-order valence-corrected chi connectivity index (χ3v) is 5.07. The number of hydrogen-bond donors (Lipinski definition) is 0. The van der Waals surface area contributed by atoms with E-state index in [0.29, 0.717) is 38.5 Å². The molecule has 0 atom stereocenters. The number of hydrogen-bond acceptors (Lipinski definition) is 5. The standard InChI is InChI=1S/C21H20N6O2/c28-21(25-8-10-29-11-9-25)13-16-4-3-6-18(12-16)26-15-20(23-24-26)27-19-7-2-1-5-17(19)14-22-27/h1-7,12,14-15H,8-11,13H2. The Morgan fingerprint density at radius 1 is 1.07 bits per heavy atom. The summed E-state index contributed by atoms with van der Waals surface area (Å²) in [5, 5.41) is 14.0. The number of nitrogens with zero attached hydrogens (tertiary/aromatic N) is 6. The Balaban J connectivity index is 1.38. The Kier molecular flexibility index (Phi) is 4.53. The summed E-state index contributed by atoms with van der Waals surface area (Å²) in [6, 6.07) is 15.8. The molecule has 1 fully saturated rings. The van der Waals surface area contributed by atoms with Gasteiger partial charge in [0.2, 0.25) is 5.91 Å². The molecule has 2 aromatic carbocycles. The molecule has 8 nitrogen and oxygen atoms in total. The normalized spacial score (nSPS) is 14.4. The van der Waals surface area contributed by atoms with E-state index in [9.17, 15) is 4.79 Å². The zero-order valence-electron chi connectivity index (χ0n) is 15.8. The third-order valence-electron chi connectivity index (χ3n) is 5.07. The summed E-state index contributed by atoms with van der Waals surface area (Å²) in [7, 11) is 0. The van der Waals surface area contributed by atoms with Crippen molar-refractivity contribution in [3.8, 4) is 11.5 Å². The van der Waals surface area contributed by atoms with Crippen LogP contribution in [0.15, 0.2) is 60.9 Å². The Morgan fingerprint density at radius 2 is 1.93 bits per heavy atom. The fourth-order valence-electron chi connectivity index (χ4n) is 3.54. The van der Waals surface area contributed by atoms with Crippen molar-refractivity contribution in [1.29, 1.82) is 0 Å². The van der Waals surface area contributed by atoms with Gasteiger partial charge in [-0.3, -0.25) is 4.79 Å². The number of para-hydroxylation sites is 1. The first kappa shape index (κ1) is 17.6. The molecule has 3 heterocycles. The van der Waals surface area contributed by atoms with Crippen LogP contribution in [0.1, 0.15) is 5.56 Å². The molecule has 0 radical (unpaired) electrons. The highest BCUT2D eigenvalue weighted by Crippen LogP contribution is 2.18. The predicted molar refractivity (Wildman–Crippen MR) is 107 cm³/mol. The number of amides is 1. The van der Waals surface area contributed by atoms with Gasteiger partial charge >= 0.3 is 0 Å². The van der Waals surface area contributed by atoms with Crippen LogP contribution in [0.3, 0.4) is 0 Å². The zero-order valence-corrected chi connectivity index (χ0v) is 15.8. The SMILES string of the molecule is O=C(Cc1cccc(-n2cc(-n3ncc4ccccc43)nn2)c1)N1CCOCC1. The van der Waals surface area contributed by atoms with Crippen molar-refractivity contribution in [3.05, 3.63) is 66.5 Å². The van der Waals surface area contributed by atoms with Gasteiger partial charge in [0, 0.05) is 18.5 Å². The molecule has 0 saturated carbocycles. The molecule has 2 aromatic heterocycles. The van der Waals surface area contributed by atoms with Gasteiger partial charge in [-0.25, -0.2) is 9.36 Å². The van der Waals surface area contributed by atoms with Crippen molar-refractivity contribution in [2.24, 2.45) is 0 Å². The van der Waals surface area contributed by atoms with Crippen molar-refractivity contribution < 1.29 is 9.53 Å². The van der Waals surface area contributed by atoms with E-state index >= 15 is 0 Å². The lowest BCUT2D eigenvalue weighted by atomic mass is 10.1. The average Bonchev–Trinajstić information content (AvgIpc) is 3.42. The van der Waals surface area contributed by atoms with Crippen molar-refractivity contribution in [1.82, 2.24) is 29.7 Å². The fraction of sp³-hybridized carbons (Fsp3) is 0.238. The fourth-order valence-corrected chi connectivity index (χ4v) is 3.54. The van der Waals surface area contributed by atoms with Crippen molar-refractivity contribution >= 4 is 16.8 Å². The Labute approximate surface area is 167 Å². The van der Waals surface area contributed by atoms with Crippen LogP contribution in [0.5, 0.6) is 0 Å². The van der Waals surface area contributed by atoms with Crippen LogP contribution >= 0.6 is 0 Å². The van der Waals surface area contributed by atoms with E-state index in [-0.39, 0.29) is 5.91 Å². The Bertz CT molecular complexity index is 1160. The van der Waals surface area contributed by atoms with Crippen molar-refractivity contribution in [2.45, 2.75) is 6.42 Å². The molecule has 0 bridgehead atoms. The molecule has 1 aliphatic heterocycles. The second-order valence-corrected chi connectivity index (χ2v) is 6.98. The van der Waals surface area contributed by atoms with Gasteiger partial charge in [0.05, 0.1) is 43.2 Å². The lowest BCUT2D eigenvalue weighted by Gasteiger charge is -2.26. The van der Waals surface area contributed by atoms with Crippen LogP contribution in [-0.4, -0.2) is 61.9 Å². The first-order valence-corrected chi connectivity index (χ1v) is 9.58. The van der Waals surface area contributed by atoms with E-state index in [0.717, 1.165) is 22.2 Å². The first-order valence-electron chi connectivity index (χ1n) is 9.58. The van der Waals surface area contributed by atoms with Crippen LogP contribution in [0.25, 0.3) is 22.4 Å². The minimum atomic E-state index is 0.118. The number of rotatable bonds is 4. The second-order valence-electron chi connectivity index (χ2n) is 6.98. The number of carbonyl (C=O) groups is 1. The maximum absolute atomic E-state index is 12.5. The highest BCUT2D eigenvalue weighted by Gasteiger charge is 2.17. The number of benzene rings is 2. The van der Waals surface area contributed by atoms with Gasteiger partial charge in [0.25, 0.3) is 0 Å². The van der Waals surface area contributed by atoms with Crippen LogP contribution < -0.4 is 0 Å². The molecule has 1 amide bonds. The zero-order chi connectivity index (χ0) is 19.6.